The Kier molecular flexibility index (Phi) is 5.17. The largest absolute Gasteiger partial charge is 0.376 e. The molecule has 3 unspecified atom stereocenters. The molecule has 0 spiro atoms. The van der Waals surface area contributed by atoms with Crippen LogP contribution in [0.1, 0.15) is 49.4 Å². The molecule has 2 rings (SSSR count). The third kappa shape index (κ3) is 3.21. The SMILES string of the molecule is CCCNC(c1c(C)cc(C)cc1F)C1OCCC1C. The van der Waals surface area contributed by atoms with Crippen LogP contribution >= 0.6 is 0 Å². The lowest BCUT2D eigenvalue weighted by Crippen LogP contribution is -2.36. The molecule has 0 aromatic heterocycles. The second-order valence-electron chi connectivity index (χ2n) is 6.01. The summed E-state index contributed by atoms with van der Waals surface area (Å²) in [6, 6.07) is 3.63. The molecular weight excluding hydrogens is 253 g/mol. The molecule has 3 heteroatoms. The minimum atomic E-state index is -0.112. The van der Waals surface area contributed by atoms with Crippen LogP contribution in [0, 0.1) is 25.6 Å². The molecule has 1 fully saturated rings. The summed E-state index contributed by atoms with van der Waals surface area (Å²) in [6.07, 6.45) is 2.16. The molecule has 1 aromatic carbocycles. The number of benzene rings is 1. The zero-order valence-corrected chi connectivity index (χ0v) is 13.0. The highest BCUT2D eigenvalue weighted by molar-refractivity contribution is 5.35. The van der Waals surface area contributed by atoms with Gasteiger partial charge in [0.05, 0.1) is 12.1 Å². The molecule has 1 aliphatic heterocycles. The van der Waals surface area contributed by atoms with Gasteiger partial charge in [0, 0.05) is 12.2 Å². The highest BCUT2D eigenvalue weighted by atomic mass is 19.1. The smallest absolute Gasteiger partial charge is 0.128 e. The van der Waals surface area contributed by atoms with Gasteiger partial charge in [-0.05, 0) is 56.3 Å². The van der Waals surface area contributed by atoms with Crippen molar-refractivity contribution >= 4 is 0 Å². The summed E-state index contributed by atoms with van der Waals surface area (Å²) < 4.78 is 20.4. The van der Waals surface area contributed by atoms with Crippen molar-refractivity contribution in [2.24, 2.45) is 5.92 Å². The Bertz CT molecular complexity index is 437. The van der Waals surface area contributed by atoms with Gasteiger partial charge < -0.3 is 10.1 Å². The molecule has 0 radical (unpaired) electrons. The van der Waals surface area contributed by atoms with Gasteiger partial charge in [0.2, 0.25) is 0 Å². The van der Waals surface area contributed by atoms with Gasteiger partial charge >= 0.3 is 0 Å². The van der Waals surface area contributed by atoms with Crippen LogP contribution in [0.4, 0.5) is 4.39 Å². The van der Waals surface area contributed by atoms with E-state index in [2.05, 4.69) is 25.2 Å². The van der Waals surface area contributed by atoms with E-state index in [4.69, 9.17) is 4.74 Å². The van der Waals surface area contributed by atoms with E-state index in [1.165, 1.54) is 0 Å². The molecule has 20 heavy (non-hydrogen) atoms. The van der Waals surface area contributed by atoms with Crippen LogP contribution in [0.25, 0.3) is 0 Å². The fourth-order valence-electron chi connectivity index (χ4n) is 3.15. The number of aryl methyl sites for hydroxylation is 2. The first-order valence-electron chi connectivity index (χ1n) is 7.66. The van der Waals surface area contributed by atoms with E-state index in [1.807, 2.05) is 13.8 Å². The van der Waals surface area contributed by atoms with Crippen molar-refractivity contribution < 1.29 is 9.13 Å². The van der Waals surface area contributed by atoms with Gasteiger partial charge in [0.25, 0.3) is 0 Å². The number of halogens is 1. The molecule has 3 atom stereocenters. The minimum absolute atomic E-state index is 0.0481. The maximum absolute atomic E-state index is 14.5. The van der Waals surface area contributed by atoms with E-state index in [0.717, 1.165) is 42.7 Å². The van der Waals surface area contributed by atoms with Gasteiger partial charge in [0.1, 0.15) is 5.82 Å². The molecule has 0 saturated carbocycles. The van der Waals surface area contributed by atoms with Crippen LogP contribution in [0.15, 0.2) is 12.1 Å². The summed E-state index contributed by atoms with van der Waals surface area (Å²) in [5, 5.41) is 3.49. The summed E-state index contributed by atoms with van der Waals surface area (Å²) in [5.41, 5.74) is 2.76. The van der Waals surface area contributed by atoms with E-state index >= 15 is 0 Å². The molecule has 0 bridgehead atoms. The van der Waals surface area contributed by atoms with Crippen LogP contribution in [0.3, 0.4) is 0 Å². The number of hydrogen-bond acceptors (Lipinski definition) is 2. The van der Waals surface area contributed by atoms with Crippen LogP contribution < -0.4 is 5.32 Å². The summed E-state index contributed by atoms with van der Waals surface area (Å²) >= 11 is 0. The van der Waals surface area contributed by atoms with E-state index in [-0.39, 0.29) is 18.0 Å². The van der Waals surface area contributed by atoms with E-state index < -0.39 is 0 Å². The Morgan fingerprint density at radius 2 is 2.15 bits per heavy atom. The lowest BCUT2D eigenvalue weighted by molar-refractivity contribution is 0.0594. The number of hydrogen-bond donors (Lipinski definition) is 1. The predicted octanol–water partition coefficient (Wildman–Crippen LogP) is 3.91. The van der Waals surface area contributed by atoms with E-state index in [1.54, 1.807) is 6.07 Å². The van der Waals surface area contributed by atoms with Crippen LogP contribution in [0.2, 0.25) is 0 Å². The maximum Gasteiger partial charge on any atom is 0.128 e. The van der Waals surface area contributed by atoms with Gasteiger partial charge in [0.15, 0.2) is 0 Å². The van der Waals surface area contributed by atoms with Gasteiger partial charge in [-0.3, -0.25) is 0 Å². The predicted molar refractivity (Wildman–Crippen MR) is 80.4 cm³/mol. The molecule has 1 aromatic rings. The zero-order chi connectivity index (χ0) is 14.7. The minimum Gasteiger partial charge on any atom is -0.376 e. The summed E-state index contributed by atoms with van der Waals surface area (Å²) in [5.74, 6) is 0.350. The Morgan fingerprint density at radius 1 is 1.40 bits per heavy atom. The molecule has 1 heterocycles. The summed E-state index contributed by atoms with van der Waals surface area (Å²) in [7, 11) is 0. The molecule has 0 amide bonds. The highest BCUT2D eigenvalue weighted by Gasteiger charge is 2.34. The van der Waals surface area contributed by atoms with Crippen molar-refractivity contribution in [1.82, 2.24) is 5.32 Å². The fourth-order valence-corrected chi connectivity index (χ4v) is 3.15. The molecule has 1 aliphatic rings. The maximum atomic E-state index is 14.5. The number of ether oxygens (including phenoxy) is 1. The highest BCUT2D eigenvalue weighted by Crippen LogP contribution is 2.34. The molecule has 2 nitrogen and oxygen atoms in total. The standard InChI is InChI=1S/C17H26FNO/c1-5-7-19-16(17-12(3)6-8-20-17)15-13(4)9-11(2)10-14(15)18/h9-10,12,16-17,19H,5-8H2,1-4H3. The lowest BCUT2D eigenvalue weighted by Gasteiger charge is -2.29. The number of nitrogens with one attached hydrogen (secondary N) is 1. The third-order valence-corrected chi connectivity index (χ3v) is 4.18. The van der Waals surface area contributed by atoms with Crippen molar-refractivity contribution in [3.8, 4) is 0 Å². The van der Waals surface area contributed by atoms with Gasteiger partial charge in [-0.2, -0.15) is 0 Å². The van der Waals surface area contributed by atoms with Crippen molar-refractivity contribution in [2.75, 3.05) is 13.2 Å². The lowest BCUT2D eigenvalue weighted by atomic mass is 9.89. The van der Waals surface area contributed by atoms with Gasteiger partial charge in [-0.15, -0.1) is 0 Å². The molecule has 0 aliphatic carbocycles. The average molecular weight is 279 g/mol. The van der Waals surface area contributed by atoms with Crippen molar-refractivity contribution in [1.29, 1.82) is 0 Å². The number of rotatable bonds is 5. The van der Waals surface area contributed by atoms with E-state index in [9.17, 15) is 4.39 Å². The molecule has 112 valence electrons. The fraction of sp³-hybridized carbons (Fsp3) is 0.647. The first-order chi connectivity index (χ1) is 9.54. The first-order valence-corrected chi connectivity index (χ1v) is 7.66. The van der Waals surface area contributed by atoms with E-state index in [0.29, 0.717) is 5.92 Å². The molecule has 1 N–H and O–H groups in total. The second-order valence-corrected chi connectivity index (χ2v) is 6.01. The van der Waals surface area contributed by atoms with Crippen molar-refractivity contribution in [3.63, 3.8) is 0 Å². The van der Waals surface area contributed by atoms with Gasteiger partial charge in [-0.1, -0.05) is 19.9 Å². The van der Waals surface area contributed by atoms with Gasteiger partial charge in [-0.25, -0.2) is 4.39 Å². The first kappa shape index (κ1) is 15.5. The Hall–Kier alpha value is -0.930. The normalized spacial score (nSPS) is 24.1. The summed E-state index contributed by atoms with van der Waals surface area (Å²) in [6.45, 7) is 9.91. The average Bonchev–Trinajstić information content (AvgIpc) is 2.78. The third-order valence-electron chi connectivity index (χ3n) is 4.18. The Labute approximate surface area is 121 Å². The summed E-state index contributed by atoms with van der Waals surface area (Å²) in [4.78, 5) is 0. The van der Waals surface area contributed by atoms with Crippen LogP contribution in [-0.4, -0.2) is 19.3 Å². The van der Waals surface area contributed by atoms with Crippen molar-refractivity contribution in [3.05, 3.63) is 34.6 Å². The molecular formula is C17H26FNO. The van der Waals surface area contributed by atoms with Crippen LogP contribution in [0.5, 0.6) is 0 Å². The monoisotopic (exact) mass is 279 g/mol. The Morgan fingerprint density at radius 3 is 2.70 bits per heavy atom. The quantitative estimate of drug-likeness (QED) is 0.882. The second kappa shape index (κ2) is 6.68. The zero-order valence-electron chi connectivity index (χ0n) is 13.0. The van der Waals surface area contributed by atoms with Crippen LogP contribution in [-0.2, 0) is 4.74 Å². The topological polar surface area (TPSA) is 21.3 Å². The molecule has 1 saturated heterocycles. The van der Waals surface area contributed by atoms with Crippen molar-refractivity contribution in [2.45, 2.75) is 52.7 Å². The Balaban J connectivity index is 2.35.